The predicted octanol–water partition coefficient (Wildman–Crippen LogP) is 0.392. The van der Waals surface area contributed by atoms with Gasteiger partial charge in [0.05, 0.1) is 11.3 Å². The maximum Gasteiger partial charge on any atom is 0.282 e. The highest BCUT2D eigenvalue weighted by molar-refractivity contribution is 7.86. The van der Waals surface area contributed by atoms with Crippen molar-refractivity contribution in [3.8, 4) is 0 Å². The van der Waals surface area contributed by atoms with Crippen molar-refractivity contribution in [1.29, 1.82) is 0 Å². The standard InChI is InChI=1S/C21H29N5O5S/c27-19(9-8-18-21(29)22-17-7-2-1-6-16(17)20(28)23-18)24-10-5-13-26(15-14-24)32(30,31)25-11-3-4-12-25/h1-2,6-7,18H,3-5,8-15H2,(H,22,29)(H,23,28)/t18-/m0/s1. The Labute approximate surface area is 188 Å². The average Bonchev–Trinajstić information content (AvgIpc) is 3.17. The molecule has 3 amide bonds. The number of fused-ring (bicyclic) bond motifs is 1. The van der Waals surface area contributed by atoms with E-state index in [4.69, 9.17) is 0 Å². The number of nitrogens with zero attached hydrogens (tertiary/aromatic N) is 3. The summed E-state index contributed by atoms with van der Waals surface area (Å²) < 4.78 is 28.6. The minimum absolute atomic E-state index is 0.0909. The highest BCUT2D eigenvalue weighted by Gasteiger charge is 2.34. The van der Waals surface area contributed by atoms with Gasteiger partial charge >= 0.3 is 0 Å². The van der Waals surface area contributed by atoms with E-state index in [0.29, 0.717) is 50.4 Å². The summed E-state index contributed by atoms with van der Waals surface area (Å²) in [6.07, 6.45) is 2.60. The number of hydrogen-bond donors (Lipinski definition) is 2. The first kappa shape index (κ1) is 22.7. The molecule has 0 aliphatic carbocycles. The van der Waals surface area contributed by atoms with Gasteiger partial charge in [-0.05, 0) is 37.8 Å². The first-order chi connectivity index (χ1) is 15.4. The molecular formula is C21H29N5O5S. The van der Waals surface area contributed by atoms with Crippen molar-refractivity contribution in [3.63, 3.8) is 0 Å². The molecule has 32 heavy (non-hydrogen) atoms. The molecule has 0 saturated carbocycles. The van der Waals surface area contributed by atoms with E-state index < -0.39 is 16.3 Å². The molecule has 10 nitrogen and oxygen atoms in total. The molecule has 0 spiro atoms. The van der Waals surface area contributed by atoms with Gasteiger partial charge in [0.1, 0.15) is 6.04 Å². The van der Waals surface area contributed by atoms with Crippen LogP contribution in [0.25, 0.3) is 0 Å². The molecule has 3 aliphatic rings. The first-order valence-electron chi connectivity index (χ1n) is 11.1. The summed E-state index contributed by atoms with van der Waals surface area (Å²) in [6, 6.07) is 5.96. The Kier molecular flexibility index (Phi) is 6.77. The van der Waals surface area contributed by atoms with Gasteiger partial charge in [0.2, 0.25) is 11.8 Å². The summed E-state index contributed by atoms with van der Waals surface area (Å²) >= 11 is 0. The lowest BCUT2D eigenvalue weighted by molar-refractivity contribution is -0.131. The molecule has 11 heteroatoms. The van der Waals surface area contributed by atoms with Crippen LogP contribution in [0, 0.1) is 0 Å². The molecule has 4 rings (SSSR count). The van der Waals surface area contributed by atoms with Crippen LogP contribution in [0.5, 0.6) is 0 Å². The highest BCUT2D eigenvalue weighted by atomic mass is 32.2. The van der Waals surface area contributed by atoms with Gasteiger partial charge in [0, 0.05) is 45.7 Å². The number of rotatable bonds is 5. The third-order valence-electron chi connectivity index (χ3n) is 6.22. The molecule has 3 aliphatic heterocycles. The summed E-state index contributed by atoms with van der Waals surface area (Å²) in [5.41, 5.74) is 0.845. The van der Waals surface area contributed by atoms with Crippen LogP contribution in [0.15, 0.2) is 24.3 Å². The van der Waals surface area contributed by atoms with Crippen molar-refractivity contribution in [2.24, 2.45) is 0 Å². The van der Waals surface area contributed by atoms with Gasteiger partial charge in [-0.3, -0.25) is 14.4 Å². The zero-order chi connectivity index (χ0) is 22.7. The van der Waals surface area contributed by atoms with E-state index in [1.807, 2.05) is 0 Å². The molecule has 2 N–H and O–H groups in total. The molecule has 1 aromatic carbocycles. The van der Waals surface area contributed by atoms with Gasteiger partial charge in [0.25, 0.3) is 16.1 Å². The Morgan fingerprint density at radius 3 is 2.41 bits per heavy atom. The fourth-order valence-corrected chi connectivity index (χ4v) is 6.12. The lowest BCUT2D eigenvalue weighted by Gasteiger charge is -2.26. The Bertz CT molecular complexity index is 992. The van der Waals surface area contributed by atoms with E-state index in [1.165, 1.54) is 8.61 Å². The van der Waals surface area contributed by atoms with Crippen LogP contribution in [0.3, 0.4) is 0 Å². The number of carbonyl (C=O) groups excluding carboxylic acids is 3. The molecule has 2 fully saturated rings. The summed E-state index contributed by atoms with van der Waals surface area (Å²) in [4.78, 5) is 39.4. The fourth-order valence-electron chi connectivity index (χ4n) is 4.40. The van der Waals surface area contributed by atoms with Crippen LogP contribution in [-0.4, -0.2) is 85.0 Å². The lowest BCUT2D eigenvalue weighted by atomic mass is 10.1. The number of amides is 3. The minimum Gasteiger partial charge on any atom is -0.341 e. The molecule has 1 atom stereocenters. The van der Waals surface area contributed by atoms with Crippen LogP contribution in [0.2, 0.25) is 0 Å². The van der Waals surface area contributed by atoms with Crippen LogP contribution in [0.4, 0.5) is 5.69 Å². The number of hydrogen-bond acceptors (Lipinski definition) is 5. The van der Waals surface area contributed by atoms with E-state index in [9.17, 15) is 22.8 Å². The fraction of sp³-hybridized carbons (Fsp3) is 0.571. The first-order valence-corrected chi connectivity index (χ1v) is 12.5. The van der Waals surface area contributed by atoms with Gasteiger partial charge in [-0.1, -0.05) is 12.1 Å². The van der Waals surface area contributed by atoms with E-state index in [0.717, 1.165) is 12.8 Å². The summed E-state index contributed by atoms with van der Waals surface area (Å²) in [5, 5.41) is 5.44. The number of anilines is 1. The molecule has 0 aromatic heterocycles. The van der Waals surface area contributed by atoms with Crippen molar-refractivity contribution in [3.05, 3.63) is 29.8 Å². The number of para-hydroxylation sites is 1. The second-order valence-electron chi connectivity index (χ2n) is 8.35. The van der Waals surface area contributed by atoms with E-state index in [1.54, 1.807) is 29.2 Å². The largest absolute Gasteiger partial charge is 0.341 e. The van der Waals surface area contributed by atoms with Crippen molar-refractivity contribution < 1.29 is 22.8 Å². The van der Waals surface area contributed by atoms with Gasteiger partial charge in [-0.25, -0.2) is 0 Å². The second-order valence-corrected chi connectivity index (χ2v) is 10.3. The molecule has 0 unspecified atom stereocenters. The van der Waals surface area contributed by atoms with Crippen LogP contribution < -0.4 is 10.6 Å². The molecule has 174 valence electrons. The van der Waals surface area contributed by atoms with E-state index >= 15 is 0 Å². The average molecular weight is 464 g/mol. The maximum absolute atomic E-state index is 12.8. The molecule has 3 heterocycles. The van der Waals surface area contributed by atoms with Crippen LogP contribution in [0.1, 0.15) is 42.5 Å². The van der Waals surface area contributed by atoms with E-state index in [2.05, 4.69) is 10.6 Å². The zero-order valence-electron chi connectivity index (χ0n) is 18.0. The zero-order valence-corrected chi connectivity index (χ0v) is 18.8. The summed E-state index contributed by atoms with van der Waals surface area (Å²) in [6.45, 7) is 2.56. The second kappa shape index (κ2) is 9.55. The summed E-state index contributed by atoms with van der Waals surface area (Å²) in [7, 11) is -3.48. The smallest absolute Gasteiger partial charge is 0.282 e. The Balaban J connectivity index is 1.32. The number of carbonyl (C=O) groups is 3. The molecule has 0 radical (unpaired) electrons. The quantitative estimate of drug-likeness (QED) is 0.655. The van der Waals surface area contributed by atoms with Crippen LogP contribution >= 0.6 is 0 Å². The van der Waals surface area contributed by atoms with Crippen LogP contribution in [-0.2, 0) is 19.8 Å². The van der Waals surface area contributed by atoms with Gasteiger partial charge in [-0.15, -0.1) is 0 Å². The normalized spacial score (nSPS) is 23.1. The Hall–Kier alpha value is -2.50. The van der Waals surface area contributed by atoms with Crippen molar-refractivity contribution >= 4 is 33.6 Å². The Morgan fingerprint density at radius 2 is 1.62 bits per heavy atom. The molecule has 1 aromatic rings. The molecular weight excluding hydrogens is 434 g/mol. The Morgan fingerprint density at radius 1 is 0.938 bits per heavy atom. The molecule has 0 bridgehead atoms. The third kappa shape index (κ3) is 4.79. The van der Waals surface area contributed by atoms with E-state index in [-0.39, 0.29) is 37.1 Å². The lowest BCUT2D eigenvalue weighted by Crippen LogP contribution is -2.44. The number of nitrogens with one attached hydrogen (secondary N) is 2. The van der Waals surface area contributed by atoms with Crippen molar-refractivity contribution in [1.82, 2.24) is 18.8 Å². The minimum atomic E-state index is -3.48. The third-order valence-corrected chi connectivity index (χ3v) is 8.26. The summed E-state index contributed by atoms with van der Waals surface area (Å²) in [5.74, 6) is -0.849. The predicted molar refractivity (Wildman–Crippen MR) is 118 cm³/mol. The van der Waals surface area contributed by atoms with Gasteiger partial charge in [0.15, 0.2) is 0 Å². The highest BCUT2D eigenvalue weighted by Crippen LogP contribution is 2.21. The van der Waals surface area contributed by atoms with Crippen molar-refractivity contribution in [2.45, 2.75) is 38.1 Å². The monoisotopic (exact) mass is 463 g/mol. The maximum atomic E-state index is 12.8. The number of benzene rings is 1. The van der Waals surface area contributed by atoms with Gasteiger partial charge in [-0.2, -0.15) is 17.0 Å². The molecule has 2 saturated heterocycles. The van der Waals surface area contributed by atoms with Gasteiger partial charge < -0.3 is 15.5 Å². The van der Waals surface area contributed by atoms with Crippen molar-refractivity contribution in [2.75, 3.05) is 44.6 Å². The SMILES string of the molecule is O=C1N[C@@H](CCC(=O)N2CCCN(S(=O)(=O)N3CCCC3)CC2)C(=O)Nc2ccccc21. The topological polar surface area (TPSA) is 119 Å².